The molecule has 0 heterocycles. The lowest BCUT2D eigenvalue weighted by Gasteiger charge is -2.11. The van der Waals surface area contributed by atoms with Crippen LogP contribution >= 0.6 is 0 Å². The number of hydrogen-bond donors (Lipinski definition) is 1. The average molecular weight is 374 g/mol. The molecule has 2 aromatic carbocycles. The maximum Gasteiger partial charge on any atom is 0.224 e. The van der Waals surface area contributed by atoms with Crippen LogP contribution < -0.4 is 14.8 Å². The van der Waals surface area contributed by atoms with Gasteiger partial charge in [0.25, 0.3) is 0 Å². The fourth-order valence-electron chi connectivity index (χ4n) is 2.38. The summed E-state index contributed by atoms with van der Waals surface area (Å²) in [6.45, 7) is 2.05. The Bertz CT molecular complexity index is 688. The highest BCUT2D eigenvalue weighted by molar-refractivity contribution is 5.90. The Morgan fingerprint density at radius 2 is 1.48 bits per heavy atom. The summed E-state index contributed by atoms with van der Waals surface area (Å²) in [5, 5.41) is 2.85. The molecule has 0 aliphatic rings. The van der Waals surface area contributed by atoms with E-state index in [0.29, 0.717) is 31.8 Å². The summed E-state index contributed by atoms with van der Waals surface area (Å²) in [4.78, 5) is 14.1. The van der Waals surface area contributed by atoms with E-state index in [1.165, 1.54) is 12.1 Å². The highest BCUT2D eigenvalue weighted by Crippen LogP contribution is 2.16. The van der Waals surface area contributed by atoms with Crippen molar-refractivity contribution in [1.82, 2.24) is 4.90 Å². The van der Waals surface area contributed by atoms with Gasteiger partial charge in [-0.3, -0.25) is 4.79 Å². The van der Waals surface area contributed by atoms with Crippen LogP contribution in [0.25, 0.3) is 0 Å². The summed E-state index contributed by atoms with van der Waals surface area (Å²) in [6, 6.07) is 13.2. The van der Waals surface area contributed by atoms with Gasteiger partial charge in [-0.2, -0.15) is 0 Å². The zero-order valence-corrected chi connectivity index (χ0v) is 15.9. The molecule has 0 aromatic heterocycles. The Balaban J connectivity index is 1.62. The van der Waals surface area contributed by atoms with Crippen LogP contribution in [0.15, 0.2) is 48.5 Å². The average Bonchev–Trinajstić information content (AvgIpc) is 2.65. The third-order valence-electron chi connectivity index (χ3n) is 3.79. The molecule has 1 amide bonds. The molecule has 2 rings (SSSR count). The van der Waals surface area contributed by atoms with E-state index >= 15 is 0 Å². The van der Waals surface area contributed by atoms with Crippen molar-refractivity contribution in [2.75, 3.05) is 39.2 Å². The molecule has 6 heteroatoms. The van der Waals surface area contributed by atoms with Crippen LogP contribution in [0.1, 0.15) is 19.3 Å². The molecule has 0 saturated heterocycles. The van der Waals surface area contributed by atoms with Gasteiger partial charge in [0.15, 0.2) is 0 Å². The fraction of sp³-hybridized carbons (Fsp3) is 0.381. The third kappa shape index (κ3) is 8.55. The van der Waals surface area contributed by atoms with Crippen molar-refractivity contribution in [1.29, 1.82) is 0 Å². The molecule has 0 radical (unpaired) electrons. The second-order valence-corrected chi connectivity index (χ2v) is 6.48. The Labute approximate surface area is 160 Å². The second kappa shape index (κ2) is 11.2. The lowest BCUT2D eigenvalue weighted by molar-refractivity contribution is -0.116. The summed E-state index contributed by atoms with van der Waals surface area (Å²) in [5.41, 5.74) is 0.736. The number of rotatable bonds is 11. The monoisotopic (exact) mass is 374 g/mol. The van der Waals surface area contributed by atoms with Crippen molar-refractivity contribution in [3.8, 4) is 11.5 Å². The van der Waals surface area contributed by atoms with Crippen molar-refractivity contribution in [3.63, 3.8) is 0 Å². The summed E-state index contributed by atoms with van der Waals surface area (Å²) >= 11 is 0. The fourth-order valence-corrected chi connectivity index (χ4v) is 2.38. The van der Waals surface area contributed by atoms with E-state index < -0.39 is 0 Å². The number of nitrogens with one attached hydrogen (secondary N) is 1. The van der Waals surface area contributed by atoms with Crippen LogP contribution in [0.5, 0.6) is 11.5 Å². The van der Waals surface area contributed by atoms with E-state index in [9.17, 15) is 9.18 Å². The minimum absolute atomic E-state index is 0.0719. The molecule has 27 heavy (non-hydrogen) atoms. The van der Waals surface area contributed by atoms with Crippen molar-refractivity contribution >= 4 is 11.6 Å². The first-order chi connectivity index (χ1) is 13.0. The molecule has 5 nitrogen and oxygen atoms in total. The maximum absolute atomic E-state index is 12.8. The quantitative estimate of drug-likeness (QED) is 0.605. The SMILES string of the molecule is CN(C)CCCOc1ccc(NC(=O)CCCOc2ccc(F)cc2)cc1. The molecule has 0 unspecified atom stereocenters. The van der Waals surface area contributed by atoms with E-state index in [0.717, 1.165) is 24.4 Å². The van der Waals surface area contributed by atoms with Gasteiger partial charge < -0.3 is 19.7 Å². The van der Waals surface area contributed by atoms with Crippen LogP contribution in [-0.2, 0) is 4.79 Å². The van der Waals surface area contributed by atoms with Crippen LogP contribution in [0.4, 0.5) is 10.1 Å². The first-order valence-electron chi connectivity index (χ1n) is 9.09. The molecule has 0 aliphatic carbocycles. The van der Waals surface area contributed by atoms with Gasteiger partial charge in [0.1, 0.15) is 17.3 Å². The summed E-state index contributed by atoms with van der Waals surface area (Å²) in [5.74, 6) is 1.02. The van der Waals surface area contributed by atoms with Gasteiger partial charge in [-0.25, -0.2) is 4.39 Å². The summed E-state index contributed by atoms with van der Waals surface area (Å²) in [6.07, 6.45) is 1.89. The van der Waals surface area contributed by atoms with Gasteiger partial charge in [-0.1, -0.05) is 0 Å². The summed E-state index contributed by atoms with van der Waals surface area (Å²) in [7, 11) is 4.07. The van der Waals surface area contributed by atoms with E-state index in [4.69, 9.17) is 9.47 Å². The topological polar surface area (TPSA) is 50.8 Å². The molecule has 0 spiro atoms. The van der Waals surface area contributed by atoms with Gasteiger partial charge in [0.2, 0.25) is 5.91 Å². The highest BCUT2D eigenvalue weighted by Gasteiger charge is 2.04. The van der Waals surface area contributed by atoms with Gasteiger partial charge in [-0.05, 0) is 75.5 Å². The van der Waals surface area contributed by atoms with Gasteiger partial charge in [0, 0.05) is 18.7 Å². The van der Waals surface area contributed by atoms with E-state index in [1.54, 1.807) is 12.1 Å². The number of amides is 1. The number of halogens is 1. The Hall–Kier alpha value is -2.60. The van der Waals surface area contributed by atoms with Gasteiger partial charge in [-0.15, -0.1) is 0 Å². The van der Waals surface area contributed by atoms with E-state index in [-0.39, 0.29) is 11.7 Å². The normalized spacial score (nSPS) is 10.7. The Morgan fingerprint density at radius 3 is 2.07 bits per heavy atom. The number of carbonyl (C=O) groups excluding carboxylic acids is 1. The van der Waals surface area contributed by atoms with Crippen LogP contribution in [0.3, 0.4) is 0 Å². The summed E-state index contributed by atoms with van der Waals surface area (Å²) < 4.78 is 23.9. The molecule has 146 valence electrons. The highest BCUT2D eigenvalue weighted by atomic mass is 19.1. The number of carbonyl (C=O) groups is 1. The Morgan fingerprint density at radius 1 is 0.926 bits per heavy atom. The first-order valence-corrected chi connectivity index (χ1v) is 9.09. The number of benzene rings is 2. The first kappa shape index (κ1) is 20.7. The van der Waals surface area contributed by atoms with Crippen LogP contribution in [0, 0.1) is 5.82 Å². The molecular weight excluding hydrogens is 347 g/mol. The lowest BCUT2D eigenvalue weighted by atomic mass is 10.2. The zero-order valence-electron chi connectivity index (χ0n) is 15.9. The molecule has 0 atom stereocenters. The molecule has 0 bridgehead atoms. The largest absolute Gasteiger partial charge is 0.494 e. The maximum atomic E-state index is 12.8. The standard InChI is InChI=1S/C21H27FN2O3/c1-24(2)14-4-16-27-20-12-8-18(9-13-20)23-21(25)5-3-15-26-19-10-6-17(22)7-11-19/h6-13H,3-5,14-16H2,1-2H3,(H,23,25). The smallest absolute Gasteiger partial charge is 0.224 e. The second-order valence-electron chi connectivity index (χ2n) is 6.48. The molecule has 0 saturated carbocycles. The minimum atomic E-state index is -0.299. The van der Waals surface area contributed by atoms with E-state index in [2.05, 4.69) is 10.2 Å². The lowest BCUT2D eigenvalue weighted by Crippen LogP contribution is -2.15. The van der Waals surface area contributed by atoms with Crippen molar-refractivity contribution in [2.45, 2.75) is 19.3 Å². The third-order valence-corrected chi connectivity index (χ3v) is 3.79. The van der Waals surface area contributed by atoms with Crippen LogP contribution in [0.2, 0.25) is 0 Å². The number of nitrogens with zero attached hydrogens (tertiary/aromatic N) is 1. The van der Waals surface area contributed by atoms with Gasteiger partial charge >= 0.3 is 0 Å². The van der Waals surface area contributed by atoms with Crippen molar-refractivity contribution in [2.24, 2.45) is 0 Å². The van der Waals surface area contributed by atoms with Crippen molar-refractivity contribution in [3.05, 3.63) is 54.3 Å². The number of hydrogen-bond acceptors (Lipinski definition) is 4. The molecule has 2 aromatic rings. The number of ether oxygens (including phenoxy) is 2. The molecular formula is C21H27FN2O3. The van der Waals surface area contributed by atoms with Crippen LogP contribution in [-0.4, -0.2) is 44.7 Å². The minimum Gasteiger partial charge on any atom is -0.494 e. The van der Waals surface area contributed by atoms with E-state index in [1.807, 2.05) is 38.4 Å². The van der Waals surface area contributed by atoms with Crippen molar-refractivity contribution < 1.29 is 18.7 Å². The number of anilines is 1. The predicted molar refractivity (Wildman–Crippen MR) is 105 cm³/mol. The van der Waals surface area contributed by atoms with Gasteiger partial charge in [0.05, 0.1) is 13.2 Å². The molecule has 1 N–H and O–H groups in total. The zero-order chi connectivity index (χ0) is 19.5. The molecule has 0 fully saturated rings. The Kier molecular flexibility index (Phi) is 8.58. The molecule has 0 aliphatic heterocycles. The predicted octanol–water partition coefficient (Wildman–Crippen LogP) is 3.95.